The van der Waals surface area contributed by atoms with E-state index in [2.05, 4.69) is 16.7 Å². The molecule has 1 unspecified atom stereocenters. The van der Waals surface area contributed by atoms with Crippen molar-refractivity contribution in [2.24, 2.45) is 5.92 Å². The first kappa shape index (κ1) is 15.8. The van der Waals surface area contributed by atoms with Gasteiger partial charge in [-0.25, -0.2) is 0 Å². The third-order valence-electron chi connectivity index (χ3n) is 4.75. The van der Waals surface area contributed by atoms with Crippen molar-refractivity contribution < 1.29 is 9.53 Å². The van der Waals surface area contributed by atoms with Gasteiger partial charge in [-0.3, -0.25) is 4.79 Å². The number of piperidine rings is 1. The molecular weight excluding hydrogens is 252 g/mol. The van der Waals surface area contributed by atoms with Crippen LogP contribution in [0.1, 0.15) is 46.0 Å². The number of ether oxygens (including phenoxy) is 1. The number of rotatable bonds is 6. The lowest BCUT2D eigenvalue weighted by molar-refractivity contribution is -0.144. The van der Waals surface area contributed by atoms with E-state index >= 15 is 0 Å². The van der Waals surface area contributed by atoms with E-state index in [1.165, 1.54) is 45.3 Å². The quantitative estimate of drug-likeness (QED) is 0.699. The highest BCUT2D eigenvalue weighted by Gasteiger charge is 2.26. The Kier molecular flexibility index (Phi) is 6.30. The SMILES string of the molecule is CCOC(=O)CC(C)N1CCC(CN2CCCC2)CC1. The van der Waals surface area contributed by atoms with Crippen molar-refractivity contribution in [1.29, 1.82) is 0 Å². The molecule has 0 aromatic heterocycles. The third-order valence-corrected chi connectivity index (χ3v) is 4.75. The Morgan fingerprint density at radius 3 is 2.45 bits per heavy atom. The van der Waals surface area contributed by atoms with Crippen molar-refractivity contribution in [2.45, 2.75) is 52.0 Å². The topological polar surface area (TPSA) is 32.8 Å². The van der Waals surface area contributed by atoms with E-state index in [0.29, 0.717) is 19.1 Å². The molecule has 2 saturated heterocycles. The van der Waals surface area contributed by atoms with Gasteiger partial charge in [-0.05, 0) is 71.6 Å². The van der Waals surface area contributed by atoms with Crippen LogP contribution in [0.25, 0.3) is 0 Å². The zero-order valence-electron chi connectivity index (χ0n) is 13.1. The molecule has 1 atom stereocenters. The van der Waals surface area contributed by atoms with Gasteiger partial charge < -0.3 is 14.5 Å². The van der Waals surface area contributed by atoms with E-state index in [1.807, 2.05) is 6.92 Å². The van der Waals surface area contributed by atoms with E-state index in [9.17, 15) is 4.79 Å². The maximum Gasteiger partial charge on any atom is 0.307 e. The largest absolute Gasteiger partial charge is 0.466 e. The molecule has 0 aromatic carbocycles. The smallest absolute Gasteiger partial charge is 0.307 e. The minimum atomic E-state index is -0.0563. The Morgan fingerprint density at radius 2 is 1.85 bits per heavy atom. The van der Waals surface area contributed by atoms with Crippen LogP contribution in [0.4, 0.5) is 0 Å². The molecule has 2 rings (SSSR count). The van der Waals surface area contributed by atoms with Gasteiger partial charge >= 0.3 is 5.97 Å². The van der Waals surface area contributed by atoms with Crippen molar-refractivity contribution in [3.63, 3.8) is 0 Å². The molecule has 0 N–H and O–H groups in total. The van der Waals surface area contributed by atoms with Crippen molar-refractivity contribution in [3.05, 3.63) is 0 Å². The summed E-state index contributed by atoms with van der Waals surface area (Å²) in [5.41, 5.74) is 0. The second-order valence-corrected chi connectivity index (χ2v) is 6.35. The number of esters is 1. The molecule has 2 aliphatic heterocycles. The average Bonchev–Trinajstić information content (AvgIpc) is 2.92. The first-order chi connectivity index (χ1) is 9.69. The van der Waals surface area contributed by atoms with Crippen LogP contribution in [0, 0.1) is 5.92 Å². The summed E-state index contributed by atoms with van der Waals surface area (Å²) in [5.74, 6) is 0.804. The molecule has 0 aliphatic carbocycles. The van der Waals surface area contributed by atoms with Gasteiger partial charge in [-0.1, -0.05) is 0 Å². The van der Waals surface area contributed by atoms with Gasteiger partial charge in [0.25, 0.3) is 0 Å². The van der Waals surface area contributed by atoms with Gasteiger partial charge in [-0.15, -0.1) is 0 Å². The number of hydrogen-bond acceptors (Lipinski definition) is 4. The lowest BCUT2D eigenvalue weighted by Crippen LogP contribution is -2.43. The molecule has 4 nitrogen and oxygen atoms in total. The van der Waals surface area contributed by atoms with E-state index < -0.39 is 0 Å². The number of carbonyl (C=O) groups is 1. The van der Waals surface area contributed by atoms with Gasteiger partial charge in [0, 0.05) is 12.6 Å². The molecular formula is C16H30N2O2. The number of hydrogen-bond donors (Lipinski definition) is 0. The predicted octanol–water partition coefficient (Wildman–Crippen LogP) is 2.14. The van der Waals surface area contributed by atoms with E-state index in [0.717, 1.165) is 19.0 Å². The molecule has 2 aliphatic rings. The Balaban J connectivity index is 1.66. The number of likely N-dealkylation sites (tertiary alicyclic amines) is 2. The highest BCUT2D eigenvalue weighted by atomic mass is 16.5. The summed E-state index contributed by atoms with van der Waals surface area (Å²) in [6.45, 7) is 10.7. The fraction of sp³-hybridized carbons (Fsp3) is 0.938. The van der Waals surface area contributed by atoms with Gasteiger partial charge in [0.1, 0.15) is 0 Å². The molecule has 2 fully saturated rings. The molecule has 20 heavy (non-hydrogen) atoms. The van der Waals surface area contributed by atoms with Crippen molar-refractivity contribution in [1.82, 2.24) is 9.80 Å². The summed E-state index contributed by atoms with van der Waals surface area (Å²) >= 11 is 0. The van der Waals surface area contributed by atoms with Gasteiger partial charge in [-0.2, -0.15) is 0 Å². The van der Waals surface area contributed by atoms with Crippen LogP contribution in [0.3, 0.4) is 0 Å². The third kappa shape index (κ3) is 4.74. The summed E-state index contributed by atoms with van der Waals surface area (Å²) in [6, 6.07) is 0.321. The molecule has 2 heterocycles. The van der Waals surface area contributed by atoms with Crippen molar-refractivity contribution in [3.8, 4) is 0 Å². The van der Waals surface area contributed by atoms with Crippen molar-refractivity contribution in [2.75, 3.05) is 39.3 Å². The number of carbonyl (C=O) groups excluding carboxylic acids is 1. The van der Waals surface area contributed by atoms with Crippen LogP contribution < -0.4 is 0 Å². The van der Waals surface area contributed by atoms with E-state index in [1.54, 1.807) is 0 Å². The normalized spacial score (nSPS) is 23.9. The molecule has 0 saturated carbocycles. The zero-order valence-corrected chi connectivity index (χ0v) is 13.1. The molecule has 0 aromatic rings. The minimum Gasteiger partial charge on any atom is -0.466 e. The average molecular weight is 282 g/mol. The Morgan fingerprint density at radius 1 is 1.20 bits per heavy atom. The van der Waals surface area contributed by atoms with Crippen LogP contribution in [0.5, 0.6) is 0 Å². The number of nitrogens with zero attached hydrogens (tertiary/aromatic N) is 2. The standard InChI is InChI=1S/C16H30N2O2/c1-3-20-16(19)12-14(2)18-10-6-15(7-11-18)13-17-8-4-5-9-17/h14-15H,3-13H2,1-2H3. The highest BCUT2D eigenvalue weighted by molar-refractivity contribution is 5.70. The Bertz CT molecular complexity index is 295. The van der Waals surface area contributed by atoms with Crippen LogP contribution in [0.2, 0.25) is 0 Å². The molecule has 0 spiro atoms. The summed E-state index contributed by atoms with van der Waals surface area (Å²) < 4.78 is 5.04. The van der Waals surface area contributed by atoms with Crippen LogP contribution >= 0.6 is 0 Å². The van der Waals surface area contributed by atoms with Gasteiger partial charge in [0.05, 0.1) is 13.0 Å². The monoisotopic (exact) mass is 282 g/mol. The molecule has 0 amide bonds. The van der Waals surface area contributed by atoms with Gasteiger partial charge in [0.15, 0.2) is 0 Å². The summed E-state index contributed by atoms with van der Waals surface area (Å²) in [5, 5.41) is 0. The fourth-order valence-corrected chi connectivity index (χ4v) is 3.50. The molecule has 0 radical (unpaired) electrons. The first-order valence-corrected chi connectivity index (χ1v) is 8.31. The lowest BCUT2D eigenvalue weighted by Gasteiger charge is -2.37. The van der Waals surface area contributed by atoms with Gasteiger partial charge in [0.2, 0.25) is 0 Å². The van der Waals surface area contributed by atoms with Crippen molar-refractivity contribution >= 4 is 5.97 Å². The van der Waals surface area contributed by atoms with E-state index in [4.69, 9.17) is 4.74 Å². The zero-order chi connectivity index (χ0) is 14.4. The predicted molar refractivity (Wildman–Crippen MR) is 80.7 cm³/mol. The summed E-state index contributed by atoms with van der Waals surface area (Å²) in [4.78, 5) is 16.6. The van der Waals surface area contributed by atoms with E-state index in [-0.39, 0.29) is 5.97 Å². The lowest BCUT2D eigenvalue weighted by atomic mass is 9.95. The maximum atomic E-state index is 11.5. The first-order valence-electron chi connectivity index (χ1n) is 8.31. The van der Waals surface area contributed by atoms with Crippen LogP contribution in [0.15, 0.2) is 0 Å². The second-order valence-electron chi connectivity index (χ2n) is 6.35. The minimum absolute atomic E-state index is 0.0563. The van der Waals surface area contributed by atoms with Crippen LogP contribution in [-0.4, -0.2) is 61.1 Å². The maximum absolute atomic E-state index is 11.5. The van der Waals surface area contributed by atoms with Crippen LogP contribution in [-0.2, 0) is 9.53 Å². The molecule has 0 bridgehead atoms. The fourth-order valence-electron chi connectivity index (χ4n) is 3.50. The highest BCUT2D eigenvalue weighted by Crippen LogP contribution is 2.22. The summed E-state index contributed by atoms with van der Waals surface area (Å²) in [7, 11) is 0. The Hall–Kier alpha value is -0.610. The Labute approximate surface area is 123 Å². The summed E-state index contributed by atoms with van der Waals surface area (Å²) in [6.07, 6.45) is 5.86. The molecule has 116 valence electrons. The second kappa shape index (κ2) is 7.99. The molecule has 4 heteroatoms.